The SMILES string of the molecule is CCN(CC)CCNC(=O)c1ccc2c(CON3C(C)(C)CCCC3(C)C)cc(N)cc2n1. The van der Waals surface area contributed by atoms with Gasteiger partial charge in [0.1, 0.15) is 5.69 Å². The van der Waals surface area contributed by atoms with Crippen molar-refractivity contribution < 1.29 is 9.63 Å². The lowest BCUT2D eigenvalue weighted by molar-refractivity contribution is -0.287. The van der Waals surface area contributed by atoms with Crippen LogP contribution in [0.25, 0.3) is 10.9 Å². The molecule has 0 radical (unpaired) electrons. The molecule has 1 aliphatic heterocycles. The van der Waals surface area contributed by atoms with Gasteiger partial charge in [-0.05, 0) is 83.8 Å². The number of benzene rings is 1. The smallest absolute Gasteiger partial charge is 0.269 e. The number of carbonyl (C=O) groups excluding carboxylic acids is 1. The Morgan fingerprint density at radius 2 is 1.82 bits per heavy atom. The van der Waals surface area contributed by atoms with E-state index in [2.05, 4.69) is 61.8 Å². The number of nitrogens with one attached hydrogen (secondary N) is 1. The van der Waals surface area contributed by atoms with Crippen LogP contribution in [0.3, 0.4) is 0 Å². The fourth-order valence-electron chi connectivity index (χ4n) is 5.00. The molecule has 1 saturated heterocycles. The van der Waals surface area contributed by atoms with E-state index in [1.807, 2.05) is 18.2 Å². The molecule has 0 spiro atoms. The van der Waals surface area contributed by atoms with E-state index in [4.69, 9.17) is 10.6 Å². The Labute approximate surface area is 198 Å². The van der Waals surface area contributed by atoms with Gasteiger partial charge in [0.25, 0.3) is 5.91 Å². The molecule has 1 amide bonds. The average Bonchev–Trinajstić information content (AvgIpc) is 2.74. The summed E-state index contributed by atoms with van der Waals surface area (Å²) < 4.78 is 0. The second-order valence-electron chi connectivity index (χ2n) is 10.3. The molecule has 7 heteroatoms. The Balaban J connectivity index is 1.76. The maximum Gasteiger partial charge on any atom is 0.269 e. The summed E-state index contributed by atoms with van der Waals surface area (Å²) in [6.45, 7) is 16.9. The summed E-state index contributed by atoms with van der Waals surface area (Å²) in [5.74, 6) is -0.166. The summed E-state index contributed by atoms with van der Waals surface area (Å²) in [7, 11) is 0. The van der Waals surface area contributed by atoms with E-state index < -0.39 is 0 Å². The van der Waals surface area contributed by atoms with Crippen molar-refractivity contribution in [2.75, 3.05) is 31.9 Å². The number of nitrogen functional groups attached to an aromatic ring is 1. The van der Waals surface area contributed by atoms with E-state index in [-0.39, 0.29) is 17.0 Å². The number of nitrogens with zero attached hydrogens (tertiary/aromatic N) is 3. The second-order valence-corrected chi connectivity index (χ2v) is 10.3. The van der Waals surface area contributed by atoms with Crippen LogP contribution in [0.1, 0.15) is 76.9 Å². The van der Waals surface area contributed by atoms with Crippen molar-refractivity contribution in [2.45, 2.75) is 78.5 Å². The maximum absolute atomic E-state index is 12.6. The normalized spacial score (nSPS) is 18.0. The highest BCUT2D eigenvalue weighted by atomic mass is 16.7. The number of likely N-dealkylation sites (N-methyl/N-ethyl adjacent to an activating group) is 1. The quantitative estimate of drug-likeness (QED) is 0.547. The molecule has 0 atom stereocenters. The molecular formula is C26H41N5O2. The highest BCUT2D eigenvalue weighted by molar-refractivity contribution is 5.96. The summed E-state index contributed by atoms with van der Waals surface area (Å²) in [5.41, 5.74) is 8.83. The number of aromatic nitrogens is 1. The van der Waals surface area contributed by atoms with Crippen molar-refractivity contribution in [1.29, 1.82) is 0 Å². The number of amides is 1. The minimum atomic E-state index is -0.166. The lowest BCUT2D eigenvalue weighted by Gasteiger charge is -2.51. The third kappa shape index (κ3) is 6.02. The van der Waals surface area contributed by atoms with Crippen LogP contribution in [0.4, 0.5) is 5.69 Å². The fraction of sp³-hybridized carbons (Fsp3) is 0.615. The first kappa shape index (κ1) is 25.4. The van der Waals surface area contributed by atoms with E-state index >= 15 is 0 Å². The summed E-state index contributed by atoms with van der Waals surface area (Å²) in [6.07, 6.45) is 3.40. The first-order valence-electron chi connectivity index (χ1n) is 12.2. The van der Waals surface area contributed by atoms with Crippen LogP contribution >= 0.6 is 0 Å². The molecule has 0 aliphatic carbocycles. The third-order valence-corrected chi connectivity index (χ3v) is 6.78. The monoisotopic (exact) mass is 455 g/mol. The first-order valence-corrected chi connectivity index (χ1v) is 12.2. The molecule has 1 aromatic heterocycles. The number of hydrogen-bond donors (Lipinski definition) is 2. The standard InChI is InChI=1S/C26H41N5O2/c1-7-30(8-2)15-14-28-24(32)22-11-10-21-19(16-20(27)17-23(21)29-22)18-33-31-25(3,4)12-9-13-26(31,5)6/h10-11,16-17H,7-9,12-15,18,27H2,1-6H3,(H,28,32). The van der Waals surface area contributed by atoms with E-state index in [0.717, 1.165) is 43.4 Å². The van der Waals surface area contributed by atoms with Gasteiger partial charge in [0.2, 0.25) is 0 Å². The first-order chi connectivity index (χ1) is 15.6. The summed E-state index contributed by atoms with van der Waals surface area (Å²) >= 11 is 0. The molecule has 2 heterocycles. The molecule has 0 unspecified atom stereocenters. The van der Waals surface area contributed by atoms with Gasteiger partial charge in [0.15, 0.2) is 0 Å². The van der Waals surface area contributed by atoms with E-state index in [1.165, 1.54) is 6.42 Å². The van der Waals surface area contributed by atoms with Crippen LogP contribution in [0.15, 0.2) is 24.3 Å². The molecule has 33 heavy (non-hydrogen) atoms. The molecular weight excluding hydrogens is 414 g/mol. The molecule has 1 fully saturated rings. The molecule has 3 rings (SSSR count). The molecule has 0 bridgehead atoms. The van der Waals surface area contributed by atoms with Crippen molar-refractivity contribution in [1.82, 2.24) is 20.3 Å². The van der Waals surface area contributed by atoms with Crippen molar-refractivity contribution in [2.24, 2.45) is 0 Å². The fourth-order valence-corrected chi connectivity index (χ4v) is 5.00. The van der Waals surface area contributed by atoms with Gasteiger partial charge in [0, 0.05) is 35.2 Å². The van der Waals surface area contributed by atoms with Gasteiger partial charge in [-0.2, -0.15) is 5.06 Å². The van der Waals surface area contributed by atoms with Crippen molar-refractivity contribution >= 4 is 22.5 Å². The van der Waals surface area contributed by atoms with Crippen LogP contribution in [-0.4, -0.2) is 58.1 Å². The molecule has 1 aromatic carbocycles. The third-order valence-electron chi connectivity index (χ3n) is 6.78. The minimum Gasteiger partial charge on any atom is -0.399 e. The topological polar surface area (TPSA) is 83.7 Å². The number of fused-ring (bicyclic) bond motifs is 1. The lowest BCUT2D eigenvalue weighted by atomic mass is 9.82. The Hall–Kier alpha value is -2.22. The van der Waals surface area contributed by atoms with E-state index in [1.54, 1.807) is 6.07 Å². The van der Waals surface area contributed by atoms with Gasteiger partial charge in [-0.15, -0.1) is 0 Å². The van der Waals surface area contributed by atoms with Crippen molar-refractivity contribution in [3.8, 4) is 0 Å². The van der Waals surface area contributed by atoms with Gasteiger partial charge in [-0.3, -0.25) is 9.63 Å². The lowest BCUT2D eigenvalue weighted by Crippen LogP contribution is -2.58. The number of anilines is 1. The van der Waals surface area contributed by atoms with E-state index in [0.29, 0.717) is 30.0 Å². The van der Waals surface area contributed by atoms with Crippen molar-refractivity contribution in [3.05, 3.63) is 35.5 Å². The van der Waals surface area contributed by atoms with Gasteiger partial charge in [-0.25, -0.2) is 4.98 Å². The Morgan fingerprint density at radius 3 is 2.45 bits per heavy atom. The molecule has 182 valence electrons. The number of carbonyl (C=O) groups is 1. The Kier molecular flexibility index (Phi) is 7.98. The number of pyridine rings is 1. The zero-order valence-electron chi connectivity index (χ0n) is 21.2. The van der Waals surface area contributed by atoms with Crippen LogP contribution in [-0.2, 0) is 11.4 Å². The minimum absolute atomic E-state index is 0.0352. The second kappa shape index (κ2) is 10.4. The molecule has 0 saturated carbocycles. The largest absolute Gasteiger partial charge is 0.399 e. The molecule has 7 nitrogen and oxygen atoms in total. The molecule has 3 N–H and O–H groups in total. The van der Waals surface area contributed by atoms with Gasteiger partial charge < -0.3 is 16.0 Å². The Bertz CT molecular complexity index is 953. The number of rotatable bonds is 9. The molecule has 1 aliphatic rings. The number of hydroxylamine groups is 2. The zero-order chi connectivity index (χ0) is 24.2. The predicted octanol–water partition coefficient (Wildman–Crippen LogP) is 4.36. The summed E-state index contributed by atoms with van der Waals surface area (Å²) in [6, 6.07) is 7.49. The highest BCUT2D eigenvalue weighted by Crippen LogP contribution is 2.39. The maximum atomic E-state index is 12.6. The number of piperidine rings is 1. The van der Waals surface area contributed by atoms with Crippen LogP contribution in [0, 0.1) is 0 Å². The zero-order valence-corrected chi connectivity index (χ0v) is 21.2. The van der Waals surface area contributed by atoms with Crippen molar-refractivity contribution in [3.63, 3.8) is 0 Å². The van der Waals surface area contributed by atoms with Gasteiger partial charge in [-0.1, -0.05) is 19.9 Å². The van der Waals surface area contributed by atoms with Gasteiger partial charge in [0.05, 0.1) is 12.1 Å². The predicted molar refractivity (Wildman–Crippen MR) is 135 cm³/mol. The van der Waals surface area contributed by atoms with E-state index in [9.17, 15) is 4.79 Å². The number of hydrogen-bond acceptors (Lipinski definition) is 6. The van der Waals surface area contributed by atoms with Crippen LogP contribution in [0.5, 0.6) is 0 Å². The van der Waals surface area contributed by atoms with Crippen LogP contribution in [0.2, 0.25) is 0 Å². The van der Waals surface area contributed by atoms with Gasteiger partial charge >= 0.3 is 0 Å². The molecule has 2 aromatic rings. The van der Waals surface area contributed by atoms with Crippen LogP contribution < -0.4 is 11.1 Å². The summed E-state index contributed by atoms with van der Waals surface area (Å²) in [4.78, 5) is 25.9. The summed E-state index contributed by atoms with van der Waals surface area (Å²) in [5, 5.41) is 6.08. The average molecular weight is 456 g/mol. The highest BCUT2D eigenvalue weighted by Gasteiger charge is 2.42. The Morgan fingerprint density at radius 1 is 1.15 bits per heavy atom. The number of nitrogens with two attached hydrogens (primary N) is 1.